The first-order chi connectivity index (χ1) is 12.6. The summed E-state index contributed by atoms with van der Waals surface area (Å²) in [6.07, 6.45) is 3.22. The molecule has 1 aromatic carbocycles. The molecule has 0 saturated carbocycles. The average Bonchev–Trinajstić information content (AvgIpc) is 3.23. The van der Waals surface area contributed by atoms with Crippen molar-refractivity contribution in [1.29, 1.82) is 0 Å². The number of aromatic nitrogens is 2. The van der Waals surface area contributed by atoms with Crippen LogP contribution in [0, 0.1) is 0 Å². The van der Waals surface area contributed by atoms with E-state index in [1.807, 2.05) is 18.2 Å². The normalized spacial score (nSPS) is 13.2. The Kier molecular flexibility index (Phi) is 4.67. The van der Waals surface area contributed by atoms with Crippen LogP contribution in [0.25, 0.3) is 10.2 Å². The minimum Gasteiger partial charge on any atom is -0.497 e. The standard InChI is InChI=1S/C19H20N2O3S2/c1-21-18(22)16-13-5-4-6-15(13)26-17(16)20-19(21)25-10-11-9-12(23-2)7-8-14(11)24-3/h7-9H,4-6,10H2,1-3H3. The van der Waals surface area contributed by atoms with Crippen LogP contribution in [0.3, 0.4) is 0 Å². The summed E-state index contributed by atoms with van der Waals surface area (Å²) in [6, 6.07) is 5.73. The second kappa shape index (κ2) is 6.96. The van der Waals surface area contributed by atoms with Crippen LogP contribution < -0.4 is 15.0 Å². The zero-order valence-electron chi connectivity index (χ0n) is 15.0. The molecule has 2 heterocycles. The molecule has 7 heteroatoms. The Balaban J connectivity index is 1.68. The van der Waals surface area contributed by atoms with Gasteiger partial charge in [-0.1, -0.05) is 11.8 Å². The van der Waals surface area contributed by atoms with Gasteiger partial charge in [-0.15, -0.1) is 11.3 Å². The van der Waals surface area contributed by atoms with Gasteiger partial charge in [-0.2, -0.15) is 0 Å². The van der Waals surface area contributed by atoms with Crippen LogP contribution in [-0.4, -0.2) is 23.8 Å². The lowest BCUT2D eigenvalue weighted by Crippen LogP contribution is -2.20. The largest absolute Gasteiger partial charge is 0.497 e. The van der Waals surface area contributed by atoms with E-state index in [-0.39, 0.29) is 5.56 Å². The first-order valence-electron chi connectivity index (χ1n) is 8.47. The van der Waals surface area contributed by atoms with Gasteiger partial charge in [0.05, 0.1) is 19.6 Å². The molecule has 0 fully saturated rings. The maximum Gasteiger partial charge on any atom is 0.262 e. The number of thiophene rings is 1. The molecule has 26 heavy (non-hydrogen) atoms. The van der Waals surface area contributed by atoms with Gasteiger partial charge in [-0.05, 0) is 43.0 Å². The van der Waals surface area contributed by atoms with Crippen molar-refractivity contribution < 1.29 is 9.47 Å². The summed E-state index contributed by atoms with van der Waals surface area (Å²) in [5.74, 6) is 2.24. The predicted molar refractivity (Wildman–Crippen MR) is 106 cm³/mol. The van der Waals surface area contributed by atoms with Crippen LogP contribution in [0.5, 0.6) is 11.5 Å². The minimum absolute atomic E-state index is 0.0644. The third kappa shape index (κ3) is 2.89. The van der Waals surface area contributed by atoms with Crippen LogP contribution in [0.4, 0.5) is 0 Å². The van der Waals surface area contributed by atoms with Gasteiger partial charge in [0.1, 0.15) is 16.3 Å². The molecular weight excluding hydrogens is 368 g/mol. The lowest BCUT2D eigenvalue weighted by molar-refractivity contribution is 0.400. The molecule has 0 N–H and O–H groups in total. The highest BCUT2D eigenvalue weighted by Gasteiger charge is 2.22. The first kappa shape index (κ1) is 17.4. The number of ether oxygens (including phenoxy) is 2. The fraction of sp³-hybridized carbons (Fsp3) is 0.368. The Labute approximate surface area is 160 Å². The molecule has 3 aromatic rings. The van der Waals surface area contributed by atoms with Crippen LogP contribution in [0.15, 0.2) is 28.2 Å². The summed E-state index contributed by atoms with van der Waals surface area (Å²) in [5.41, 5.74) is 2.30. The molecule has 0 amide bonds. The fourth-order valence-electron chi connectivity index (χ4n) is 3.37. The third-order valence-electron chi connectivity index (χ3n) is 4.75. The molecule has 4 rings (SSSR count). The zero-order chi connectivity index (χ0) is 18.3. The molecule has 0 bridgehead atoms. The molecule has 0 unspecified atom stereocenters. The number of hydrogen-bond donors (Lipinski definition) is 0. The molecule has 2 aromatic heterocycles. The Bertz CT molecular complexity index is 1040. The predicted octanol–water partition coefficient (Wildman–Crippen LogP) is 3.79. The average molecular weight is 389 g/mol. The van der Waals surface area contributed by atoms with Crippen molar-refractivity contribution in [2.75, 3.05) is 14.2 Å². The summed E-state index contributed by atoms with van der Waals surface area (Å²) in [5, 5.41) is 1.56. The van der Waals surface area contributed by atoms with Crippen molar-refractivity contribution in [2.24, 2.45) is 7.05 Å². The molecule has 1 aliphatic rings. The van der Waals surface area contributed by atoms with Gasteiger partial charge >= 0.3 is 0 Å². The maximum absolute atomic E-state index is 12.9. The van der Waals surface area contributed by atoms with Crippen molar-refractivity contribution in [2.45, 2.75) is 30.2 Å². The number of hydrogen-bond acceptors (Lipinski definition) is 6. The molecule has 1 aliphatic carbocycles. The van der Waals surface area contributed by atoms with Gasteiger partial charge in [-0.3, -0.25) is 9.36 Å². The van der Waals surface area contributed by atoms with E-state index < -0.39 is 0 Å². The Hall–Kier alpha value is -1.99. The second-order valence-corrected chi connectivity index (χ2v) is 8.29. The quantitative estimate of drug-likeness (QED) is 0.492. The molecule has 0 aliphatic heterocycles. The van der Waals surface area contributed by atoms with Crippen LogP contribution in [0.2, 0.25) is 0 Å². The smallest absolute Gasteiger partial charge is 0.262 e. The van der Waals surface area contributed by atoms with Crippen molar-refractivity contribution in [1.82, 2.24) is 9.55 Å². The summed E-state index contributed by atoms with van der Waals surface area (Å²) in [4.78, 5) is 19.9. The molecule has 5 nitrogen and oxygen atoms in total. The van der Waals surface area contributed by atoms with Crippen LogP contribution >= 0.6 is 23.1 Å². The Morgan fingerprint density at radius 1 is 1.27 bits per heavy atom. The lowest BCUT2D eigenvalue weighted by Gasteiger charge is -2.11. The van der Waals surface area contributed by atoms with E-state index >= 15 is 0 Å². The van der Waals surface area contributed by atoms with Gasteiger partial charge in [0, 0.05) is 23.2 Å². The number of nitrogens with zero attached hydrogens (tertiary/aromatic N) is 2. The molecule has 0 saturated heterocycles. The highest BCUT2D eigenvalue weighted by Crippen LogP contribution is 2.36. The van der Waals surface area contributed by atoms with E-state index in [1.165, 1.54) is 10.4 Å². The number of thioether (sulfide) groups is 1. The molecule has 0 spiro atoms. The molecular formula is C19H20N2O3S2. The van der Waals surface area contributed by atoms with E-state index in [1.54, 1.807) is 48.9 Å². The van der Waals surface area contributed by atoms with Gasteiger partial charge in [-0.25, -0.2) is 4.98 Å². The number of benzene rings is 1. The fourth-order valence-corrected chi connectivity index (χ4v) is 5.62. The van der Waals surface area contributed by atoms with Gasteiger partial charge in [0.25, 0.3) is 5.56 Å². The highest BCUT2D eigenvalue weighted by atomic mass is 32.2. The van der Waals surface area contributed by atoms with Crippen molar-refractivity contribution in [3.05, 3.63) is 44.6 Å². The SMILES string of the molecule is COc1ccc(OC)c(CSc2nc3sc4c(c3c(=O)n2C)CCC4)c1. The van der Waals surface area contributed by atoms with Crippen molar-refractivity contribution in [3.8, 4) is 11.5 Å². The van der Waals surface area contributed by atoms with E-state index in [0.29, 0.717) is 5.75 Å². The topological polar surface area (TPSA) is 53.4 Å². The number of fused-ring (bicyclic) bond motifs is 3. The van der Waals surface area contributed by atoms with Crippen molar-refractivity contribution in [3.63, 3.8) is 0 Å². The lowest BCUT2D eigenvalue weighted by atomic mass is 10.2. The summed E-state index contributed by atoms with van der Waals surface area (Å²) >= 11 is 3.22. The van der Waals surface area contributed by atoms with E-state index in [9.17, 15) is 4.79 Å². The van der Waals surface area contributed by atoms with Crippen LogP contribution in [0.1, 0.15) is 22.4 Å². The Morgan fingerprint density at radius 3 is 2.88 bits per heavy atom. The van der Waals surface area contributed by atoms with Gasteiger partial charge in [0.2, 0.25) is 0 Å². The third-order valence-corrected chi connectivity index (χ3v) is 7.01. The van der Waals surface area contributed by atoms with Gasteiger partial charge in [0.15, 0.2) is 5.16 Å². The summed E-state index contributed by atoms with van der Waals surface area (Å²) in [7, 11) is 5.11. The Morgan fingerprint density at radius 2 is 2.12 bits per heavy atom. The number of rotatable bonds is 5. The minimum atomic E-state index is 0.0644. The monoisotopic (exact) mass is 388 g/mol. The van der Waals surface area contributed by atoms with E-state index in [2.05, 4.69) is 0 Å². The van der Waals surface area contributed by atoms with Crippen molar-refractivity contribution >= 4 is 33.3 Å². The first-order valence-corrected chi connectivity index (χ1v) is 10.3. The number of aryl methyl sites for hydroxylation is 2. The van der Waals surface area contributed by atoms with Gasteiger partial charge < -0.3 is 9.47 Å². The number of methoxy groups -OCH3 is 2. The molecule has 136 valence electrons. The summed E-state index contributed by atoms with van der Waals surface area (Å²) in [6.45, 7) is 0. The van der Waals surface area contributed by atoms with E-state index in [4.69, 9.17) is 14.5 Å². The van der Waals surface area contributed by atoms with E-state index in [0.717, 1.165) is 51.7 Å². The highest BCUT2D eigenvalue weighted by molar-refractivity contribution is 7.98. The van der Waals surface area contributed by atoms with Crippen LogP contribution in [-0.2, 0) is 25.6 Å². The molecule has 0 radical (unpaired) electrons. The zero-order valence-corrected chi connectivity index (χ0v) is 16.6. The second-order valence-electron chi connectivity index (χ2n) is 6.26. The summed E-state index contributed by atoms with van der Waals surface area (Å²) < 4.78 is 12.4. The maximum atomic E-state index is 12.9. The molecule has 0 atom stereocenters.